The van der Waals surface area contributed by atoms with Crippen LogP contribution in [0.5, 0.6) is 0 Å². The van der Waals surface area contributed by atoms with Crippen LogP contribution >= 0.6 is 0 Å². The normalized spacial score (nSPS) is 19.5. The van der Waals surface area contributed by atoms with Gasteiger partial charge in [-0.15, -0.1) is 0 Å². The van der Waals surface area contributed by atoms with Gasteiger partial charge >= 0.3 is 0 Å². The fourth-order valence-corrected chi connectivity index (χ4v) is 4.15. The van der Waals surface area contributed by atoms with Crippen LogP contribution in [0.25, 0.3) is 0 Å². The van der Waals surface area contributed by atoms with Crippen molar-refractivity contribution in [1.29, 1.82) is 0 Å². The largest absolute Gasteiger partial charge is 0.362 e. The van der Waals surface area contributed by atoms with Crippen LogP contribution in [0, 0.1) is 0 Å². The van der Waals surface area contributed by atoms with Crippen LogP contribution in [0.15, 0.2) is 0 Å². The number of hydrogen-bond acceptors (Lipinski definition) is 6. The molecular formula is C15H25N5O2S. The number of aromatic nitrogens is 2. The Morgan fingerprint density at radius 3 is 2.26 bits per heavy atom. The molecule has 1 aromatic heterocycles. The van der Waals surface area contributed by atoms with Crippen molar-refractivity contribution in [3.63, 3.8) is 0 Å². The molecule has 0 aliphatic carbocycles. The number of sulfonamides is 1. The second kappa shape index (κ2) is 6.24. The maximum Gasteiger partial charge on any atom is 0.227 e. The molecule has 0 atom stereocenters. The molecule has 7 nitrogen and oxygen atoms in total. The summed E-state index contributed by atoms with van der Waals surface area (Å²) in [5.41, 5.74) is 2.08. The van der Waals surface area contributed by atoms with Crippen molar-refractivity contribution >= 4 is 21.8 Å². The average Bonchev–Trinajstić information content (AvgIpc) is 2.91. The van der Waals surface area contributed by atoms with Crippen molar-refractivity contribution in [2.24, 2.45) is 0 Å². The smallest absolute Gasteiger partial charge is 0.227 e. The lowest BCUT2D eigenvalue weighted by Crippen LogP contribution is -2.32. The summed E-state index contributed by atoms with van der Waals surface area (Å²) >= 11 is 0. The van der Waals surface area contributed by atoms with Crippen molar-refractivity contribution in [2.75, 3.05) is 56.3 Å². The second-order valence-electron chi connectivity index (χ2n) is 6.52. The third kappa shape index (κ3) is 3.42. The lowest BCUT2D eigenvalue weighted by Gasteiger charge is -2.22. The third-order valence-electron chi connectivity index (χ3n) is 4.55. The van der Waals surface area contributed by atoms with Crippen LogP contribution in [0.1, 0.15) is 24.1 Å². The Bertz CT molecular complexity index is 683. The van der Waals surface area contributed by atoms with E-state index < -0.39 is 10.0 Å². The second-order valence-corrected chi connectivity index (χ2v) is 8.51. The molecule has 2 aliphatic rings. The minimum atomic E-state index is -3.16. The lowest BCUT2D eigenvalue weighted by atomic mass is 10.1. The SMILES string of the molecule is CN(C)c1nc(N2CCCC2)nc2c1CCN(S(C)(=O)=O)CC2. The summed E-state index contributed by atoms with van der Waals surface area (Å²) in [5.74, 6) is 1.71. The van der Waals surface area contributed by atoms with E-state index in [1.54, 1.807) is 4.31 Å². The Balaban J connectivity index is 1.97. The van der Waals surface area contributed by atoms with Crippen LogP contribution in [-0.2, 0) is 22.9 Å². The molecule has 0 bridgehead atoms. The van der Waals surface area contributed by atoms with E-state index in [1.807, 2.05) is 19.0 Å². The van der Waals surface area contributed by atoms with E-state index in [2.05, 4.69) is 4.90 Å². The molecule has 128 valence electrons. The molecule has 0 saturated carbocycles. The first-order valence-electron chi connectivity index (χ1n) is 8.13. The molecule has 0 N–H and O–H groups in total. The van der Waals surface area contributed by atoms with Gasteiger partial charge in [0, 0.05) is 52.3 Å². The summed E-state index contributed by atoms with van der Waals surface area (Å²) in [6.07, 6.45) is 4.94. The molecule has 0 spiro atoms. The molecule has 1 saturated heterocycles. The summed E-state index contributed by atoms with van der Waals surface area (Å²) in [4.78, 5) is 13.8. The van der Waals surface area contributed by atoms with Crippen molar-refractivity contribution in [1.82, 2.24) is 14.3 Å². The first kappa shape index (κ1) is 16.4. The number of anilines is 2. The quantitative estimate of drug-likeness (QED) is 0.799. The number of nitrogens with zero attached hydrogens (tertiary/aromatic N) is 5. The Kier molecular flexibility index (Phi) is 4.46. The van der Waals surface area contributed by atoms with Gasteiger partial charge in [-0.25, -0.2) is 17.7 Å². The highest BCUT2D eigenvalue weighted by atomic mass is 32.2. The predicted molar refractivity (Wildman–Crippen MR) is 91.6 cm³/mol. The number of hydrogen-bond donors (Lipinski definition) is 0. The molecule has 1 aromatic rings. The Morgan fingerprint density at radius 2 is 1.65 bits per heavy atom. The summed E-state index contributed by atoms with van der Waals surface area (Å²) in [6, 6.07) is 0. The molecule has 3 heterocycles. The first-order valence-corrected chi connectivity index (χ1v) is 9.98. The summed E-state index contributed by atoms with van der Waals surface area (Å²) in [7, 11) is 0.799. The monoisotopic (exact) mass is 339 g/mol. The standard InChI is InChI=1S/C15H25N5O2S/c1-18(2)14-12-6-10-20(23(3,21)22)11-7-13(12)16-15(17-14)19-8-4-5-9-19/h4-11H2,1-3H3. The highest BCUT2D eigenvalue weighted by Gasteiger charge is 2.26. The van der Waals surface area contributed by atoms with Crippen LogP contribution < -0.4 is 9.80 Å². The molecule has 8 heteroatoms. The zero-order valence-corrected chi connectivity index (χ0v) is 14.9. The molecule has 0 radical (unpaired) electrons. The maximum absolute atomic E-state index is 11.9. The van der Waals surface area contributed by atoms with E-state index >= 15 is 0 Å². The van der Waals surface area contributed by atoms with E-state index in [0.717, 1.165) is 36.1 Å². The molecule has 23 heavy (non-hydrogen) atoms. The van der Waals surface area contributed by atoms with Gasteiger partial charge in [0.15, 0.2) is 0 Å². The van der Waals surface area contributed by atoms with E-state index in [9.17, 15) is 8.42 Å². The first-order chi connectivity index (χ1) is 10.9. The van der Waals surface area contributed by atoms with Gasteiger partial charge in [-0.3, -0.25) is 0 Å². The Labute approximate surface area is 138 Å². The number of fused-ring (bicyclic) bond motifs is 1. The van der Waals surface area contributed by atoms with Crippen LogP contribution in [-0.4, -0.2) is 69.2 Å². The molecule has 0 amide bonds. The highest BCUT2D eigenvalue weighted by Crippen LogP contribution is 2.27. The third-order valence-corrected chi connectivity index (χ3v) is 5.85. The van der Waals surface area contributed by atoms with Crippen LogP contribution in [0.4, 0.5) is 11.8 Å². The zero-order valence-electron chi connectivity index (χ0n) is 14.1. The van der Waals surface area contributed by atoms with E-state index in [0.29, 0.717) is 25.9 Å². The summed E-state index contributed by atoms with van der Waals surface area (Å²) in [5, 5.41) is 0. The number of rotatable bonds is 3. The lowest BCUT2D eigenvalue weighted by molar-refractivity contribution is 0.430. The van der Waals surface area contributed by atoms with Crippen molar-refractivity contribution in [3.8, 4) is 0 Å². The van der Waals surface area contributed by atoms with Gasteiger partial charge in [-0.05, 0) is 19.3 Å². The molecule has 1 fully saturated rings. The maximum atomic E-state index is 11.9. The van der Waals surface area contributed by atoms with Gasteiger partial charge in [0.1, 0.15) is 5.82 Å². The van der Waals surface area contributed by atoms with E-state index in [4.69, 9.17) is 9.97 Å². The predicted octanol–water partition coefficient (Wildman–Crippen LogP) is 0.503. The molecule has 2 aliphatic heterocycles. The molecule has 3 rings (SSSR count). The molecular weight excluding hydrogens is 314 g/mol. The summed E-state index contributed by atoms with van der Waals surface area (Å²) in [6.45, 7) is 3.00. The van der Waals surface area contributed by atoms with Gasteiger partial charge in [0.2, 0.25) is 16.0 Å². The molecule has 0 aromatic carbocycles. The minimum absolute atomic E-state index is 0.495. The van der Waals surface area contributed by atoms with Crippen LogP contribution in [0.2, 0.25) is 0 Å². The van der Waals surface area contributed by atoms with Gasteiger partial charge < -0.3 is 9.80 Å². The van der Waals surface area contributed by atoms with Gasteiger partial charge in [0.25, 0.3) is 0 Å². The van der Waals surface area contributed by atoms with Crippen molar-refractivity contribution in [3.05, 3.63) is 11.3 Å². The van der Waals surface area contributed by atoms with Gasteiger partial charge in [0.05, 0.1) is 11.9 Å². The van der Waals surface area contributed by atoms with E-state index in [1.165, 1.54) is 19.1 Å². The average molecular weight is 339 g/mol. The Hall–Kier alpha value is -1.41. The highest BCUT2D eigenvalue weighted by molar-refractivity contribution is 7.88. The van der Waals surface area contributed by atoms with Crippen molar-refractivity contribution in [2.45, 2.75) is 25.7 Å². The fraction of sp³-hybridized carbons (Fsp3) is 0.733. The topological polar surface area (TPSA) is 69.6 Å². The fourth-order valence-electron chi connectivity index (χ4n) is 3.31. The molecule has 0 unspecified atom stereocenters. The minimum Gasteiger partial charge on any atom is -0.362 e. The van der Waals surface area contributed by atoms with Crippen molar-refractivity contribution < 1.29 is 8.42 Å². The summed E-state index contributed by atoms with van der Waals surface area (Å²) < 4.78 is 25.3. The Morgan fingerprint density at radius 1 is 1.00 bits per heavy atom. The van der Waals surface area contributed by atoms with Crippen LogP contribution in [0.3, 0.4) is 0 Å². The van der Waals surface area contributed by atoms with Gasteiger partial charge in [-0.1, -0.05) is 0 Å². The van der Waals surface area contributed by atoms with Gasteiger partial charge in [-0.2, -0.15) is 4.98 Å². The van der Waals surface area contributed by atoms with E-state index in [-0.39, 0.29) is 0 Å². The zero-order chi connectivity index (χ0) is 16.6.